The number of nitrogens with zero attached hydrogens (tertiary/aromatic N) is 2. The third-order valence-corrected chi connectivity index (χ3v) is 4.08. The van der Waals surface area contributed by atoms with E-state index in [0.29, 0.717) is 0 Å². The molecule has 1 heterocycles. The number of hydrogen-bond donors (Lipinski definition) is 2. The molecule has 1 saturated heterocycles. The first-order chi connectivity index (χ1) is 8.78. The van der Waals surface area contributed by atoms with Crippen LogP contribution in [0.15, 0.2) is 4.99 Å². The van der Waals surface area contributed by atoms with Gasteiger partial charge in [-0.2, -0.15) is 0 Å². The highest BCUT2D eigenvalue weighted by Crippen LogP contribution is 2.27. The lowest BCUT2D eigenvalue weighted by Crippen LogP contribution is -2.43. The standard InChI is InChI=1S/C14H28N4/c1-12-5-8-18(9-6-12)10-7-16-14(15-2)17-11-13-3-4-13/h12-13H,3-11H2,1-2H3,(H2,15,16,17). The first-order valence-electron chi connectivity index (χ1n) is 7.45. The molecule has 0 aromatic heterocycles. The maximum Gasteiger partial charge on any atom is 0.191 e. The molecule has 18 heavy (non-hydrogen) atoms. The summed E-state index contributed by atoms with van der Waals surface area (Å²) >= 11 is 0. The Kier molecular flexibility index (Phi) is 5.29. The first kappa shape index (κ1) is 13.7. The Bertz CT molecular complexity index is 265. The van der Waals surface area contributed by atoms with E-state index in [4.69, 9.17) is 0 Å². The molecular formula is C14H28N4. The van der Waals surface area contributed by atoms with Gasteiger partial charge in [0.2, 0.25) is 0 Å². The van der Waals surface area contributed by atoms with Crippen molar-refractivity contribution < 1.29 is 0 Å². The molecule has 0 amide bonds. The highest BCUT2D eigenvalue weighted by atomic mass is 15.2. The summed E-state index contributed by atoms with van der Waals surface area (Å²) in [5, 5.41) is 6.80. The van der Waals surface area contributed by atoms with Crippen LogP contribution in [0.2, 0.25) is 0 Å². The van der Waals surface area contributed by atoms with Gasteiger partial charge in [0, 0.05) is 26.7 Å². The molecule has 4 nitrogen and oxygen atoms in total. The van der Waals surface area contributed by atoms with Crippen molar-refractivity contribution in [3.63, 3.8) is 0 Å². The molecule has 2 aliphatic rings. The smallest absolute Gasteiger partial charge is 0.191 e. The SMILES string of the molecule is CN=C(NCCN1CCC(C)CC1)NCC1CC1. The number of piperidine rings is 1. The van der Waals surface area contributed by atoms with Gasteiger partial charge in [-0.25, -0.2) is 0 Å². The zero-order chi connectivity index (χ0) is 12.8. The minimum Gasteiger partial charge on any atom is -0.356 e. The number of hydrogen-bond acceptors (Lipinski definition) is 2. The summed E-state index contributed by atoms with van der Waals surface area (Å²) in [5.74, 6) is 2.78. The van der Waals surface area contributed by atoms with E-state index in [-0.39, 0.29) is 0 Å². The van der Waals surface area contributed by atoms with Crippen LogP contribution in [0.5, 0.6) is 0 Å². The molecule has 2 N–H and O–H groups in total. The van der Waals surface area contributed by atoms with Crippen molar-refractivity contribution in [2.75, 3.05) is 39.8 Å². The van der Waals surface area contributed by atoms with Crippen LogP contribution in [-0.2, 0) is 0 Å². The predicted octanol–water partition coefficient (Wildman–Crippen LogP) is 1.29. The summed E-state index contributed by atoms with van der Waals surface area (Å²) in [6, 6.07) is 0. The van der Waals surface area contributed by atoms with Crippen LogP contribution in [0.3, 0.4) is 0 Å². The molecule has 0 unspecified atom stereocenters. The zero-order valence-electron chi connectivity index (χ0n) is 11.9. The van der Waals surface area contributed by atoms with Gasteiger partial charge in [-0.05, 0) is 50.6 Å². The van der Waals surface area contributed by atoms with E-state index in [2.05, 4.69) is 27.4 Å². The van der Waals surface area contributed by atoms with Crippen LogP contribution in [-0.4, -0.2) is 50.6 Å². The van der Waals surface area contributed by atoms with Crippen molar-refractivity contribution in [1.82, 2.24) is 15.5 Å². The summed E-state index contributed by atoms with van der Waals surface area (Å²) in [5.41, 5.74) is 0. The van der Waals surface area contributed by atoms with Gasteiger partial charge in [-0.1, -0.05) is 6.92 Å². The van der Waals surface area contributed by atoms with E-state index in [1.54, 1.807) is 0 Å². The third kappa shape index (κ3) is 4.84. The second kappa shape index (κ2) is 6.98. The van der Waals surface area contributed by atoms with Gasteiger partial charge < -0.3 is 15.5 Å². The van der Waals surface area contributed by atoms with Crippen molar-refractivity contribution in [2.24, 2.45) is 16.8 Å². The summed E-state index contributed by atoms with van der Waals surface area (Å²) in [7, 11) is 1.85. The normalized spacial score (nSPS) is 23.1. The molecule has 4 heteroatoms. The summed E-state index contributed by atoms with van der Waals surface area (Å²) in [6.45, 7) is 8.10. The van der Waals surface area contributed by atoms with Crippen LogP contribution in [0.1, 0.15) is 32.6 Å². The van der Waals surface area contributed by atoms with Gasteiger partial charge in [0.05, 0.1) is 0 Å². The topological polar surface area (TPSA) is 39.7 Å². The van der Waals surface area contributed by atoms with Crippen molar-refractivity contribution in [1.29, 1.82) is 0 Å². The van der Waals surface area contributed by atoms with E-state index in [1.807, 2.05) is 7.05 Å². The predicted molar refractivity (Wildman–Crippen MR) is 76.9 cm³/mol. The molecule has 1 saturated carbocycles. The average molecular weight is 252 g/mol. The van der Waals surface area contributed by atoms with Crippen LogP contribution in [0.4, 0.5) is 0 Å². The van der Waals surface area contributed by atoms with Crippen LogP contribution in [0.25, 0.3) is 0 Å². The minimum atomic E-state index is 0.895. The summed E-state index contributed by atoms with van der Waals surface area (Å²) in [6.07, 6.45) is 5.48. The lowest BCUT2D eigenvalue weighted by molar-refractivity contribution is 0.195. The number of guanidine groups is 1. The molecule has 104 valence electrons. The molecule has 0 aromatic carbocycles. The number of nitrogens with one attached hydrogen (secondary N) is 2. The van der Waals surface area contributed by atoms with Gasteiger partial charge in [0.15, 0.2) is 5.96 Å². The van der Waals surface area contributed by atoms with E-state index >= 15 is 0 Å². The molecule has 0 radical (unpaired) electrons. The Morgan fingerprint density at radius 1 is 1.17 bits per heavy atom. The molecule has 0 aromatic rings. The molecule has 2 fully saturated rings. The Morgan fingerprint density at radius 2 is 1.89 bits per heavy atom. The molecular weight excluding hydrogens is 224 g/mol. The molecule has 0 atom stereocenters. The summed E-state index contributed by atoms with van der Waals surface area (Å²) in [4.78, 5) is 6.82. The second-order valence-corrected chi connectivity index (χ2v) is 5.85. The highest BCUT2D eigenvalue weighted by Gasteiger charge is 2.21. The molecule has 1 aliphatic carbocycles. The number of rotatable bonds is 5. The molecule has 2 rings (SSSR count). The first-order valence-corrected chi connectivity index (χ1v) is 7.45. The third-order valence-electron chi connectivity index (χ3n) is 4.08. The highest BCUT2D eigenvalue weighted by molar-refractivity contribution is 5.79. The van der Waals surface area contributed by atoms with Crippen molar-refractivity contribution in [3.05, 3.63) is 0 Å². The van der Waals surface area contributed by atoms with E-state index in [1.165, 1.54) is 38.8 Å². The lowest BCUT2D eigenvalue weighted by atomic mass is 9.99. The van der Waals surface area contributed by atoms with E-state index < -0.39 is 0 Å². The summed E-state index contributed by atoms with van der Waals surface area (Å²) < 4.78 is 0. The molecule has 0 spiro atoms. The Labute approximate surface area is 111 Å². The Balaban J connectivity index is 1.55. The van der Waals surface area contributed by atoms with Gasteiger partial charge in [0.1, 0.15) is 0 Å². The maximum atomic E-state index is 4.26. The van der Waals surface area contributed by atoms with E-state index in [0.717, 1.165) is 37.4 Å². The fourth-order valence-corrected chi connectivity index (χ4v) is 2.40. The van der Waals surface area contributed by atoms with E-state index in [9.17, 15) is 0 Å². The van der Waals surface area contributed by atoms with Gasteiger partial charge in [-0.3, -0.25) is 4.99 Å². The van der Waals surface area contributed by atoms with Crippen LogP contribution >= 0.6 is 0 Å². The average Bonchev–Trinajstić information content (AvgIpc) is 3.20. The van der Waals surface area contributed by atoms with Gasteiger partial charge in [-0.15, -0.1) is 0 Å². The van der Waals surface area contributed by atoms with Gasteiger partial charge >= 0.3 is 0 Å². The zero-order valence-corrected chi connectivity index (χ0v) is 11.9. The monoisotopic (exact) mass is 252 g/mol. The fourth-order valence-electron chi connectivity index (χ4n) is 2.40. The molecule has 1 aliphatic heterocycles. The Hall–Kier alpha value is -0.770. The number of likely N-dealkylation sites (tertiary alicyclic amines) is 1. The minimum absolute atomic E-state index is 0.895. The van der Waals surface area contributed by atoms with Crippen molar-refractivity contribution in [3.8, 4) is 0 Å². The second-order valence-electron chi connectivity index (χ2n) is 5.85. The lowest BCUT2D eigenvalue weighted by Gasteiger charge is -2.30. The molecule has 0 bridgehead atoms. The fraction of sp³-hybridized carbons (Fsp3) is 0.929. The van der Waals surface area contributed by atoms with Crippen LogP contribution < -0.4 is 10.6 Å². The van der Waals surface area contributed by atoms with Gasteiger partial charge in [0.25, 0.3) is 0 Å². The maximum absolute atomic E-state index is 4.26. The Morgan fingerprint density at radius 3 is 2.50 bits per heavy atom. The largest absolute Gasteiger partial charge is 0.356 e. The number of aliphatic imine (C=N–C) groups is 1. The van der Waals surface area contributed by atoms with Crippen LogP contribution in [0, 0.1) is 11.8 Å². The quantitative estimate of drug-likeness (QED) is 0.572. The van der Waals surface area contributed by atoms with Crippen molar-refractivity contribution >= 4 is 5.96 Å². The van der Waals surface area contributed by atoms with Crippen molar-refractivity contribution in [2.45, 2.75) is 32.6 Å².